The Morgan fingerprint density at radius 2 is 1.61 bits per heavy atom. The van der Waals surface area contributed by atoms with Crippen molar-refractivity contribution in [2.45, 2.75) is 6.54 Å². The first-order chi connectivity index (χ1) is 16.3. The zero-order chi connectivity index (χ0) is 22.7. The second-order valence-electron chi connectivity index (χ2n) is 8.02. The zero-order valence-electron chi connectivity index (χ0n) is 18.8. The summed E-state index contributed by atoms with van der Waals surface area (Å²) < 4.78 is 11.4. The van der Waals surface area contributed by atoms with E-state index in [9.17, 15) is 4.79 Å². The molecule has 1 amide bonds. The molecule has 0 radical (unpaired) electrons. The van der Waals surface area contributed by atoms with Gasteiger partial charge >= 0.3 is 0 Å². The summed E-state index contributed by atoms with van der Waals surface area (Å²) in [6.07, 6.45) is 3.54. The summed E-state index contributed by atoms with van der Waals surface area (Å²) in [5.74, 6) is 1.56. The molecule has 1 saturated heterocycles. The lowest BCUT2D eigenvalue weighted by molar-refractivity contribution is -0.126. The summed E-state index contributed by atoms with van der Waals surface area (Å²) in [6.45, 7) is 5.32. The van der Waals surface area contributed by atoms with E-state index in [1.165, 1.54) is 0 Å². The molecule has 33 heavy (non-hydrogen) atoms. The molecule has 1 aliphatic rings. The van der Waals surface area contributed by atoms with E-state index in [4.69, 9.17) is 9.47 Å². The van der Waals surface area contributed by atoms with Crippen molar-refractivity contribution in [2.75, 3.05) is 39.4 Å². The highest BCUT2D eigenvalue weighted by Crippen LogP contribution is 2.22. The Morgan fingerprint density at radius 1 is 0.909 bits per heavy atom. The molecule has 4 rings (SSSR count). The number of hydrogen-bond acceptors (Lipinski definition) is 4. The van der Waals surface area contributed by atoms with Crippen molar-refractivity contribution in [2.24, 2.45) is 0 Å². The summed E-state index contributed by atoms with van der Waals surface area (Å²) in [5, 5.41) is 0. The molecule has 0 N–H and O–H groups in total. The van der Waals surface area contributed by atoms with Crippen LogP contribution < -0.4 is 4.74 Å². The minimum atomic E-state index is 0.00138. The maximum Gasteiger partial charge on any atom is 0.246 e. The molecule has 170 valence electrons. The molecular weight excluding hydrogens is 412 g/mol. The van der Waals surface area contributed by atoms with Gasteiger partial charge in [0, 0.05) is 38.8 Å². The molecule has 0 atom stereocenters. The first kappa shape index (κ1) is 22.8. The van der Waals surface area contributed by atoms with Crippen molar-refractivity contribution in [3.8, 4) is 11.5 Å². The predicted octanol–water partition coefficient (Wildman–Crippen LogP) is 4.85. The van der Waals surface area contributed by atoms with Crippen molar-refractivity contribution in [3.05, 3.63) is 102 Å². The maximum atomic E-state index is 13.1. The van der Waals surface area contributed by atoms with Gasteiger partial charge in [0.1, 0.15) is 11.5 Å². The van der Waals surface area contributed by atoms with E-state index in [0.29, 0.717) is 13.1 Å². The molecule has 0 saturated carbocycles. The SMILES string of the molecule is O=C(C=Cc1ccccc1)N(CCN1CCOCC1)Cc1cccc(Oc2ccccc2)c1. The smallest absolute Gasteiger partial charge is 0.246 e. The molecule has 1 aliphatic heterocycles. The molecular formula is C28H30N2O3. The van der Waals surface area contributed by atoms with Crippen LogP contribution in [0.1, 0.15) is 11.1 Å². The van der Waals surface area contributed by atoms with Crippen LogP contribution in [0.15, 0.2) is 91.0 Å². The van der Waals surface area contributed by atoms with Gasteiger partial charge in [0.25, 0.3) is 0 Å². The molecule has 1 fully saturated rings. The number of rotatable bonds is 9. The fraction of sp³-hybridized carbons (Fsp3) is 0.250. The molecule has 0 aliphatic carbocycles. The van der Waals surface area contributed by atoms with Crippen LogP contribution in [0.4, 0.5) is 0 Å². The van der Waals surface area contributed by atoms with E-state index in [2.05, 4.69) is 4.90 Å². The van der Waals surface area contributed by atoms with Crippen molar-refractivity contribution >= 4 is 12.0 Å². The molecule has 5 heteroatoms. The zero-order valence-corrected chi connectivity index (χ0v) is 18.8. The second kappa shape index (κ2) is 12.0. The number of benzene rings is 3. The highest BCUT2D eigenvalue weighted by Gasteiger charge is 2.16. The topological polar surface area (TPSA) is 42.0 Å². The molecule has 1 heterocycles. The van der Waals surface area contributed by atoms with E-state index in [0.717, 1.165) is 55.5 Å². The first-order valence-electron chi connectivity index (χ1n) is 11.4. The third-order valence-electron chi connectivity index (χ3n) is 5.57. The van der Waals surface area contributed by atoms with Gasteiger partial charge in [-0.3, -0.25) is 9.69 Å². The fourth-order valence-electron chi connectivity index (χ4n) is 3.74. The summed E-state index contributed by atoms with van der Waals surface area (Å²) in [4.78, 5) is 17.4. The van der Waals surface area contributed by atoms with Crippen molar-refractivity contribution in [1.82, 2.24) is 9.80 Å². The van der Waals surface area contributed by atoms with Crippen LogP contribution in [0.3, 0.4) is 0 Å². The van der Waals surface area contributed by atoms with Crippen molar-refractivity contribution in [3.63, 3.8) is 0 Å². The molecule has 0 bridgehead atoms. The van der Waals surface area contributed by atoms with E-state index in [1.807, 2.05) is 95.9 Å². The van der Waals surface area contributed by atoms with Crippen LogP contribution in [0, 0.1) is 0 Å². The van der Waals surface area contributed by atoms with Gasteiger partial charge in [-0.2, -0.15) is 0 Å². The lowest BCUT2D eigenvalue weighted by atomic mass is 10.2. The lowest BCUT2D eigenvalue weighted by Gasteiger charge is -2.30. The van der Waals surface area contributed by atoms with Gasteiger partial charge in [-0.1, -0.05) is 60.7 Å². The van der Waals surface area contributed by atoms with E-state index < -0.39 is 0 Å². The van der Waals surface area contributed by atoms with Crippen LogP contribution in [-0.2, 0) is 16.1 Å². The van der Waals surface area contributed by atoms with E-state index >= 15 is 0 Å². The van der Waals surface area contributed by atoms with Crippen LogP contribution in [0.5, 0.6) is 11.5 Å². The Kier molecular flexibility index (Phi) is 8.28. The number of nitrogens with zero attached hydrogens (tertiary/aromatic N) is 2. The summed E-state index contributed by atoms with van der Waals surface area (Å²) >= 11 is 0. The number of ether oxygens (including phenoxy) is 2. The molecule has 0 unspecified atom stereocenters. The van der Waals surface area contributed by atoms with Crippen LogP contribution in [0.2, 0.25) is 0 Å². The minimum absolute atomic E-state index is 0.00138. The monoisotopic (exact) mass is 442 g/mol. The summed E-state index contributed by atoms with van der Waals surface area (Å²) in [6, 6.07) is 27.6. The second-order valence-corrected chi connectivity index (χ2v) is 8.02. The number of carbonyl (C=O) groups is 1. The summed E-state index contributed by atoms with van der Waals surface area (Å²) in [7, 11) is 0. The van der Waals surface area contributed by atoms with E-state index in [1.54, 1.807) is 6.08 Å². The standard InChI is InChI=1S/C28H30N2O3/c31-28(15-14-24-8-3-1-4-9-24)30(17-16-29-18-20-32-21-19-29)23-25-10-7-13-27(22-25)33-26-11-5-2-6-12-26/h1-15,22H,16-21,23H2. The Morgan fingerprint density at radius 3 is 2.36 bits per heavy atom. The highest BCUT2D eigenvalue weighted by molar-refractivity contribution is 5.91. The number of amides is 1. The van der Waals surface area contributed by atoms with Gasteiger partial charge in [0.15, 0.2) is 0 Å². The van der Waals surface area contributed by atoms with Crippen molar-refractivity contribution < 1.29 is 14.3 Å². The molecule has 0 spiro atoms. The van der Waals surface area contributed by atoms with Gasteiger partial charge in [-0.15, -0.1) is 0 Å². The van der Waals surface area contributed by atoms with Crippen LogP contribution in [-0.4, -0.2) is 55.1 Å². The number of hydrogen-bond donors (Lipinski definition) is 0. The number of carbonyl (C=O) groups excluding carboxylic acids is 1. The average Bonchev–Trinajstić information content (AvgIpc) is 2.87. The first-order valence-corrected chi connectivity index (χ1v) is 11.4. The quantitative estimate of drug-likeness (QED) is 0.444. The molecule has 3 aromatic carbocycles. The normalized spacial score (nSPS) is 14.3. The largest absolute Gasteiger partial charge is 0.457 e. The van der Waals surface area contributed by atoms with Gasteiger partial charge < -0.3 is 14.4 Å². The van der Waals surface area contributed by atoms with E-state index in [-0.39, 0.29) is 5.91 Å². The Hall–Kier alpha value is -3.41. The summed E-state index contributed by atoms with van der Waals surface area (Å²) in [5.41, 5.74) is 2.05. The average molecular weight is 443 g/mol. The maximum absolute atomic E-state index is 13.1. The molecule has 0 aromatic heterocycles. The number of para-hydroxylation sites is 1. The van der Waals surface area contributed by atoms with Gasteiger partial charge in [0.05, 0.1) is 13.2 Å². The third kappa shape index (κ3) is 7.31. The molecule has 5 nitrogen and oxygen atoms in total. The Labute approximate surface area is 195 Å². The van der Waals surface area contributed by atoms with Gasteiger partial charge in [-0.25, -0.2) is 0 Å². The third-order valence-corrected chi connectivity index (χ3v) is 5.57. The lowest BCUT2D eigenvalue weighted by Crippen LogP contribution is -2.42. The van der Waals surface area contributed by atoms with Gasteiger partial charge in [-0.05, 0) is 41.5 Å². The highest BCUT2D eigenvalue weighted by atomic mass is 16.5. The predicted molar refractivity (Wildman–Crippen MR) is 131 cm³/mol. The minimum Gasteiger partial charge on any atom is -0.457 e. The Bertz CT molecular complexity index is 1030. The molecule has 3 aromatic rings. The van der Waals surface area contributed by atoms with Crippen LogP contribution in [0.25, 0.3) is 6.08 Å². The Balaban J connectivity index is 1.45. The number of morpholine rings is 1. The van der Waals surface area contributed by atoms with Gasteiger partial charge in [0.2, 0.25) is 5.91 Å². The fourth-order valence-corrected chi connectivity index (χ4v) is 3.74. The van der Waals surface area contributed by atoms with Crippen molar-refractivity contribution in [1.29, 1.82) is 0 Å². The van der Waals surface area contributed by atoms with Crippen LogP contribution >= 0.6 is 0 Å².